The molecule has 1 fully saturated rings. The van der Waals surface area contributed by atoms with Crippen LogP contribution >= 0.6 is 0 Å². The summed E-state index contributed by atoms with van der Waals surface area (Å²) in [4.78, 5) is 29.3. The van der Waals surface area contributed by atoms with Crippen LogP contribution in [0.2, 0.25) is 0 Å². The number of anilines is 1. The van der Waals surface area contributed by atoms with Crippen LogP contribution in [0.4, 0.5) is 5.82 Å². The zero-order valence-corrected chi connectivity index (χ0v) is 19.4. The fourth-order valence-electron chi connectivity index (χ4n) is 4.90. The first-order valence-electron chi connectivity index (χ1n) is 12.0. The van der Waals surface area contributed by atoms with Gasteiger partial charge in [-0.25, -0.2) is 14.6 Å². The summed E-state index contributed by atoms with van der Waals surface area (Å²) in [5.74, 6) is 7.87. The van der Waals surface area contributed by atoms with Crippen LogP contribution in [-0.2, 0) is 19.4 Å². The quantitative estimate of drug-likeness (QED) is 0.454. The molecule has 33 heavy (non-hydrogen) atoms. The predicted molar refractivity (Wildman–Crippen MR) is 132 cm³/mol. The van der Waals surface area contributed by atoms with E-state index >= 15 is 0 Å². The Balaban J connectivity index is 1.10. The van der Waals surface area contributed by atoms with Crippen LogP contribution in [0.5, 0.6) is 0 Å². The van der Waals surface area contributed by atoms with Gasteiger partial charge in [0.1, 0.15) is 11.6 Å². The first-order valence-corrected chi connectivity index (χ1v) is 12.0. The second-order valence-corrected chi connectivity index (χ2v) is 9.26. The molecule has 1 saturated heterocycles. The Labute approximate surface area is 194 Å². The maximum Gasteiger partial charge on any atom is 0.276 e. The Morgan fingerprint density at radius 1 is 0.970 bits per heavy atom. The monoisotopic (exact) mass is 447 g/mol. The fourth-order valence-corrected chi connectivity index (χ4v) is 4.90. The molecule has 3 aromatic rings. The molecule has 8 heteroatoms. The summed E-state index contributed by atoms with van der Waals surface area (Å²) in [6, 6.07) is 12.6. The molecule has 2 aliphatic rings. The van der Waals surface area contributed by atoms with Crippen LogP contribution in [-0.4, -0.2) is 70.8 Å². The number of nitrogen functional groups attached to an aromatic ring is 1. The van der Waals surface area contributed by atoms with Crippen molar-refractivity contribution in [3.63, 3.8) is 0 Å². The number of piperazine rings is 1. The largest absolute Gasteiger partial charge is 0.354 e. The first kappa shape index (κ1) is 21.9. The molecule has 0 unspecified atom stereocenters. The van der Waals surface area contributed by atoms with E-state index in [4.69, 9.17) is 15.8 Å². The third-order valence-electron chi connectivity index (χ3n) is 6.93. The number of hydrogen-bond acceptors (Lipinski definition) is 7. The standard InChI is InChI=1S/C25H33N7O/c1-29-13-11-22-20(18-29)25(33)32(26)24(28-22)8-4-5-12-30-14-16-31(17-15-30)23-10-9-19-6-2-3-7-21(19)27-23/h2-3,6-7,9-10H,4-5,8,11-18,26H2,1H3. The van der Waals surface area contributed by atoms with Gasteiger partial charge in [0.25, 0.3) is 5.56 Å². The second kappa shape index (κ2) is 9.49. The van der Waals surface area contributed by atoms with Crippen molar-refractivity contribution in [1.82, 2.24) is 24.4 Å². The Hall–Kier alpha value is -2.97. The van der Waals surface area contributed by atoms with Crippen LogP contribution in [0.1, 0.15) is 29.9 Å². The summed E-state index contributed by atoms with van der Waals surface area (Å²) in [6.07, 6.45) is 3.62. The summed E-state index contributed by atoms with van der Waals surface area (Å²) in [5, 5.41) is 1.18. The molecule has 2 aromatic heterocycles. The van der Waals surface area contributed by atoms with E-state index in [1.165, 1.54) is 10.1 Å². The van der Waals surface area contributed by atoms with Gasteiger partial charge in [-0.15, -0.1) is 0 Å². The number of aryl methyl sites for hydroxylation is 1. The lowest BCUT2D eigenvalue weighted by molar-refractivity contribution is 0.252. The molecule has 0 saturated carbocycles. The van der Waals surface area contributed by atoms with E-state index < -0.39 is 0 Å². The van der Waals surface area contributed by atoms with Crippen LogP contribution in [0, 0.1) is 0 Å². The SMILES string of the molecule is CN1CCc2nc(CCCCN3CCN(c4ccc5ccccc5n4)CC3)n(N)c(=O)c2C1. The molecular weight excluding hydrogens is 414 g/mol. The summed E-state index contributed by atoms with van der Waals surface area (Å²) in [5.41, 5.74) is 2.67. The number of nitrogens with two attached hydrogens (primary N) is 1. The number of para-hydroxylation sites is 1. The molecule has 0 bridgehead atoms. The van der Waals surface area contributed by atoms with Gasteiger partial charge in [-0.2, -0.15) is 0 Å². The molecule has 0 amide bonds. The van der Waals surface area contributed by atoms with Crippen molar-refractivity contribution in [2.75, 3.05) is 57.1 Å². The van der Waals surface area contributed by atoms with Gasteiger partial charge in [0, 0.05) is 57.5 Å². The van der Waals surface area contributed by atoms with Gasteiger partial charge in [-0.05, 0) is 44.6 Å². The number of pyridine rings is 1. The van der Waals surface area contributed by atoms with E-state index in [0.29, 0.717) is 6.54 Å². The third-order valence-corrected chi connectivity index (χ3v) is 6.93. The van der Waals surface area contributed by atoms with Crippen LogP contribution in [0.25, 0.3) is 10.9 Å². The molecule has 2 aliphatic heterocycles. The molecule has 4 heterocycles. The highest BCUT2D eigenvalue weighted by Gasteiger charge is 2.21. The van der Waals surface area contributed by atoms with E-state index in [0.717, 1.165) is 93.4 Å². The third kappa shape index (κ3) is 4.72. The summed E-state index contributed by atoms with van der Waals surface area (Å²) >= 11 is 0. The Morgan fingerprint density at radius 3 is 2.64 bits per heavy atom. The summed E-state index contributed by atoms with van der Waals surface area (Å²) < 4.78 is 1.27. The zero-order valence-electron chi connectivity index (χ0n) is 19.4. The first-order chi connectivity index (χ1) is 16.1. The zero-order chi connectivity index (χ0) is 22.8. The lowest BCUT2D eigenvalue weighted by Crippen LogP contribution is -2.47. The van der Waals surface area contributed by atoms with Crippen molar-refractivity contribution in [3.05, 3.63) is 63.8 Å². The van der Waals surface area contributed by atoms with Gasteiger partial charge in [-0.3, -0.25) is 9.69 Å². The molecule has 0 atom stereocenters. The van der Waals surface area contributed by atoms with Crippen molar-refractivity contribution >= 4 is 16.7 Å². The highest BCUT2D eigenvalue weighted by Crippen LogP contribution is 2.19. The topological polar surface area (TPSA) is 83.5 Å². The van der Waals surface area contributed by atoms with Gasteiger partial charge >= 0.3 is 0 Å². The van der Waals surface area contributed by atoms with Gasteiger partial charge in [0.15, 0.2) is 0 Å². The van der Waals surface area contributed by atoms with Crippen molar-refractivity contribution in [2.45, 2.75) is 32.2 Å². The molecule has 5 rings (SSSR count). The number of rotatable bonds is 6. The normalized spacial score (nSPS) is 17.4. The van der Waals surface area contributed by atoms with Crippen LogP contribution < -0.4 is 16.3 Å². The van der Waals surface area contributed by atoms with Crippen molar-refractivity contribution < 1.29 is 0 Å². The predicted octanol–water partition coefficient (Wildman–Crippen LogP) is 1.64. The molecule has 0 spiro atoms. The van der Waals surface area contributed by atoms with Crippen LogP contribution in [0.15, 0.2) is 41.2 Å². The minimum Gasteiger partial charge on any atom is -0.354 e. The minimum absolute atomic E-state index is 0.0834. The molecule has 174 valence electrons. The average Bonchev–Trinajstić information content (AvgIpc) is 2.85. The number of unbranched alkanes of at least 4 members (excludes halogenated alkanes) is 1. The van der Waals surface area contributed by atoms with Crippen LogP contribution in [0.3, 0.4) is 0 Å². The number of benzene rings is 1. The Kier molecular flexibility index (Phi) is 6.28. The van der Waals surface area contributed by atoms with Gasteiger partial charge in [-0.1, -0.05) is 18.2 Å². The fraction of sp³-hybridized carbons (Fsp3) is 0.480. The van der Waals surface area contributed by atoms with E-state index in [-0.39, 0.29) is 5.56 Å². The minimum atomic E-state index is -0.0834. The highest BCUT2D eigenvalue weighted by molar-refractivity contribution is 5.80. The Bertz CT molecular complexity index is 1180. The highest BCUT2D eigenvalue weighted by atomic mass is 16.1. The lowest BCUT2D eigenvalue weighted by Gasteiger charge is -2.35. The van der Waals surface area contributed by atoms with E-state index in [1.54, 1.807) is 0 Å². The van der Waals surface area contributed by atoms with Gasteiger partial charge in [0.2, 0.25) is 0 Å². The Morgan fingerprint density at radius 2 is 1.79 bits per heavy atom. The number of aromatic nitrogens is 3. The number of hydrogen-bond donors (Lipinski definition) is 1. The van der Waals surface area contributed by atoms with Crippen molar-refractivity contribution in [3.8, 4) is 0 Å². The van der Waals surface area contributed by atoms with Crippen molar-refractivity contribution in [1.29, 1.82) is 0 Å². The van der Waals surface area contributed by atoms with Gasteiger partial charge < -0.3 is 15.6 Å². The average molecular weight is 448 g/mol. The van der Waals surface area contributed by atoms with Crippen molar-refractivity contribution in [2.24, 2.45) is 0 Å². The van der Waals surface area contributed by atoms with E-state index in [1.807, 2.05) is 13.1 Å². The molecular formula is C25H33N7O. The number of likely N-dealkylation sites (N-methyl/N-ethyl adjacent to an activating group) is 1. The van der Waals surface area contributed by atoms with E-state index in [9.17, 15) is 4.79 Å². The molecule has 0 radical (unpaired) electrons. The maximum absolute atomic E-state index is 12.6. The molecule has 8 nitrogen and oxygen atoms in total. The summed E-state index contributed by atoms with van der Waals surface area (Å²) in [6.45, 7) is 6.71. The molecule has 1 aromatic carbocycles. The van der Waals surface area contributed by atoms with E-state index in [2.05, 4.69) is 45.0 Å². The maximum atomic E-state index is 12.6. The molecule has 2 N–H and O–H groups in total. The number of nitrogens with zero attached hydrogens (tertiary/aromatic N) is 6. The number of fused-ring (bicyclic) bond motifs is 2. The summed E-state index contributed by atoms with van der Waals surface area (Å²) in [7, 11) is 2.02. The lowest BCUT2D eigenvalue weighted by atomic mass is 10.1. The molecule has 0 aliphatic carbocycles. The van der Waals surface area contributed by atoms with Gasteiger partial charge in [0.05, 0.1) is 16.8 Å². The second-order valence-electron chi connectivity index (χ2n) is 9.26. The smallest absolute Gasteiger partial charge is 0.276 e.